The van der Waals surface area contributed by atoms with Crippen LogP contribution in [0.5, 0.6) is 23.0 Å². The molecule has 2 saturated heterocycles. The van der Waals surface area contributed by atoms with Crippen molar-refractivity contribution in [1.82, 2.24) is 19.4 Å². The number of hydrogen-bond acceptors (Lipinski definition) is 6. The van der Waals surface area contributed by atoms with E-state index in [1.165, 1.54) is 44.3 Å². The molecule has 2 aliphatic rings. The largest absolute Gasteiger partial charge is 0.492 e. The Hall–Kier alpha value is -3.55. The number of ether oxygens (including phenoxy) is 3. The molecule has 0 radical (unpaired) electrons. The van der Waals surface area contributed by atoms with Gasteiger partial charge in [0.05, 0.1) is 16.6 Å². The Labute approximate surface area is 275 Å². The molecule has 0 aliphatic carbocycles. The van der Waals surface area contributed by atoms with Gasteiger partial charge in [0.25, 0.3) is 0 Å². The van der Waals surface area contributed by atoms with Gasteiger partial charge in [0.1, 0.15) is 42.0 Å². The molecule has 2 aliphatic heterocycles. The molecule has 6 rings (SSSR count). The molecule has 0 amide bonds. The predicted molar refractivity (Wildman–Crippen MR) is 188 cm³/mol. The Morgan fingerprint density at radius 2 is 1.33 bits per heavy atom. The molecule has 46 heavy (non-hydrogen) atoms. The number of fused-ring (bicyclic) bond motifs is 1. The highest BCUT2D eigenvalue weighted by molar-refractivity contribution is 5.83. The zero-order chi connectivity index (χ0) is 31.9. The van der Waals surface area contributed by atoms with Gasteiger partial charge in [0.2, 0.25) is 0 Å². The van der Waals surface area contributed by atoms with Crippen LogP contribution < -0.4 is 14.2 Å². The molecule has 1 aromatic heterocycles. The van der Waals surface area contributed by atoms with Gasteiger partial charge in [-0.1, -0.05) is 46.2 Å². The Kier molecular flexibility index (Phi) is 10.5. The third-order valence-electron chi connectivity index (χ3n) is 9.34. The first-order valence-electron chi connectivity index (χ1n) is 17.5. The van der Waals surface area contributed by atoms with Crippen molar-refractivity contribution in [2.75, 3.05) is 52.5 Å². The van der Waals surface area contributed by atoms with Gasteiger partial charge in [-0.3, -0.25) is 9.80 Å². The maximum Gasteiger partial charge on any atom is 0.144 e. The van der Waals surface area contributed by atoms with E-state index in [2.05, 4.69) is 96.7 Å². The van der Waals surface area contributed by atoms with Crippen LogP contribution in [0.4, 0.5) is 0 Å². The van der Waals surface area contributed by atoms with Crippen LogP contribution in [0.1, 0.15) is 71.8 Å². The van der Waals surface area contributed by atoms with Gasteiger partial charge < -0.3 is 18.8 Å². The maximum absolute atomic E-state index is 6.56. The van der Waals surface area contributed by atoms with E-state index in [1.807, 2.05) is 6.07 Å². The lowest BCUT2D eigenvalue weighted by Gasteiger charge is -2.19. The Morgan fingerprint density at radius 1 is 0.696 bits per heavy atom. The number of aryl methyl sites for hydroxylation is 1. The molecule has 0 N–H and O–H groups in total. The first-order valence-corrected chi connectivity index (χ1v) is 17.5. The van der Waals surface area contributed by atoms with Gasteiger partial charge in [-0.25, -0.2) is 4.98 Å². The molecule has 0 spiro atoms. The molecule has 0 atom stereocenters. The van der Waals surface area contributed by atoms with Crippen LogP contribution >= 0.6 is 0 Å². The van der Waals surface area contributed by atoms with Crippen molar-refractivity contribution < 1.29 is 14.2 Å². The quantitative estimate of drug-likeness (QED) is 0.140. The van der Waals surface area contributed by atoms with E-state index >= 15 is 0 Å². The number of benzene rings is 3. The van der Waals surface area contributed by atoms with Crippen molar-refractivity contribution in [1.29, 1.82) is 0 Å². The van der Waals surface area contributed by atoms with Crippen molar-refractivity contribution in [3.8, 4) is 34.4 Å². The minimum atomic E-state index is 0.105. The predicted octanol–water partition coefficient (Wildman–Crippen LogP) is 8.54. The van der Waals surface area contributed by atoms with E-state index in [-0.39, 0.29) is 5.41 Å². The molecule has 4 aromatic rings. The summed E-state index contributed by atoms with van der Waals surface area (Å²) in [6.07, 6.45) is 7.29. The van der Waals surface area contributed by atoms with Crippen molar-refractivity contribution in [3.05, 3.63) is 66.2 Å². The lowest BCUT2D eigenvalue weighted by atomic mass is 9.87. The van der Waals surface area contributed by atoms with Crippen LogP contribution in [0.2, 0.25) is 0 Å². The third-order valence-corrected chi connectivity index (χ3v) is 9.34. The zero-order valence-electron chi connectivity index (χ0n) is 28.4. The summed E-state index contributed by atoms with van der Waals surface area (Å²) in [5.41, 5.74) is 4.42. The molecule has 0 saturated carbocycles. The fraction of sp³-hybridized carbons (Fsp3) is 0.513. The summed E-state index contributed by atoms with van der Waals surface area (Å²) >= 11 is 0. The van der Waals surface area contributed by atoms with Crippen LogP contribution in [0.3, 0.4) is 0 Å². The van der Waals surface area contributed by atoms with Crippen LogP contribution in [0, 0.1) is 0 Å². The highest BCUT2D eigenvalue weighted by Crippen LogP contribution is 2.37. The van der Waals surface area contributed by atoms with E-state index in [1.54, 1.807) is 0 Å². The average Bonchev–Trinajstić information content (AvgIpc) is 3.82. The van der Waals surface area contributed by atoms with Crippen molar-refractivity contribution >= 4 is 11.0 Å². The topological polar surface area (TPSA) is 52.0 Å². The zero-order valence-corrected chi connectivity index (χ0v) is 28.4. The summed E-state index contributed by atoms with van der Waals surface area (Å²) in [5, 5.41) is 0. The second kappa shape index (κ2) is 14.9. The van der Waals surface area contributed by atoms with Crippen LogP contribution in [-0.4, -0.2) is 71.8 Å². The molecule has 0 bridgehead atoms. The average molecular weight is 625 g/mol. The fourth-order valence-electron chi connectivity index (χ4n) is 6.56. The van der Waals surface area contributed by atoms with E-state index < -0.39 is 0 Å². The number of rotatable bonds is 14. The summed E-state index contributed by atoms with van der Waals surface area (Å²) in [7, 11) is 0. The summed E-state index contributed by atoms with van der Waals surface area (Å²) in [6.45, 7) is 17.7. The minimum Gasteiger partial charge on any atom is -0.492 e. The van der Waals surface area contributed by atoms with Crippen LogP contribution in [0.15, 0.2) is 60.7 Å². The van der Waals surface area contributed by atoms with E-state index in [0.717, 1.165) is 91.0 Å². The smallest absolute Gasteiger partial charge is 0.144 e. The van der Waals surface area contributed by atoms with Crippen molar-refractivity contribution in [2.24, 2.45) is 0 Å². The molecule has 7 heteroatoms. The van der Waals surface area contributed by atoms with Gasteiger partial charge in [-0.2, -0.15) is 0 Å². The number of imidazole rings is 1. The van der Waals surface area contributed by atoms with Gasteiger partial charge in [-0.05, 0) is 106 Å². The standard InChI is InChI=1S/C39H52N4O3/c1-5-6-23-43-36-28-33(46-31-13-11-30(12-14-31)39(2,3)4)16-18-35(36)40-38(43)34-17-15-32(44-26-24-41-19-7-8-20-41)29-37(34)45-27-25-42-21-9-10-22-42/h11-18,28-29H,5-10,19-27H2,1-4H3. The minimum absolute atomic E-state index is 0.105. The molecular formula is C39H52N4O3. The highest BCUT2D eigenvalue weighted by Gasteiger charge is 2.20. The van der Waals surface area contributed by atoms with Gasteiger partial charge in [0.15, 0.2) is 0 Å². The number of aromatic nitrogens is 2. The fourth-order valence-corrected chi connectivity index (χ4v) is 6.56. The number of hydrogen-bond donors (Lipinski definition) is 0. The maximum atomic E-state index is 6.56. The molecule has 2 fully saturated rings. The first kappa shape index (κ1) is 32.4. The highest BCUT2D eigenvalue weighted by atomic mass is 16.5. The van der Waals surface area contributed by atoms with E-state index in [4.69, 9.17) is 19.2 Å². The van der Waals surface area contributed by atoms with Crippen LogP contribution in [-0.2, 0) is 12.0 Å². The summed E-state index contributed by atoms with van der Waals surface area (Å²) in [4.78, 5) is 10.2. The summed E-state index contributed by atoms with van der Waals surface area (Å²) in [6, 6.07) is 20.9. The monoisotopic (exact) mass is 624 g/mol. The summed E-state index contributed by atoms with van der Waals surface area (Å²) in [5.74, 6) is 4.25. The Morgan fingerprint density at radius 3 is 1.98 bits per heavy atom. The second-order valence-electron chi connectivity index (χ2n) is 13.9. The Bertz CT molecular complexity index is 1560. The third kappa shape index (κ3) is 8.05. The molecule has 3 heterocycles. The van der Waals surface area contributed by atoms with Gasteiger partial charge in [-0.15, -0.1) is 0 Å². The van der Waals surface area contributed by atoms with Crippen molar-refractivity contribution in [3.63, 3.8) is 0 Å². The number of nitrogens with zero attached hydrogens (tertiary/aromatic N) is 4. The number of unbranched alkanes of at least 4 members (excludes halogenated alkanes) is 1. The number of likely N-dealkylation sites (tertiary alicyclic amines) is 2. The molecule has 0 unspecified atom stereocenters. The SMILES string of the molecule is CCCCn1c(-c2ccc(OCCN3CCCC3)cc2OCCN2CCCC2)nc2ccc(Oc3ccc(C(C)(C)C)cc3)cc21. The molecule has 7 nitrogen and oxygen atoms in total. The lowest BCUT2D eigenvalue weighted by Crippen LogP contribution is -2.25. The van der Waals surface area contributed by atoms with Crippen LogP contribution in [0.25, 0.3) is 22.4 Å². The normalized spacial score (nSPS) is 16.0. The molecule has 246 valence electrons. The van der Waals surface area contributed by atoms with Crippen molar-refractivity contribution in [2.45, 2.75) is 78.2 Å². The second-order valence-corrected chi connectivity index (χ2v) is 13.9. The van der Waals surface area contributed by atoms with E-state index in [9.17, 15) is 0 Å². The molecular weight excluding hydrogens is 572 g/mol. The lowest BCUT2D eigenvalue weighted by molar-refractivity contribution is 0.230. The van der Waals surface area contributed by atoms with Gasteiger partial charge >= 0.3 is 0 Å². The first-order chi connectivity index (χ1) is 22.4. The summed E-state index contributed by atoms with van der Waals surface area (Å²) < 4.78 is 21.5. The van der Waals surface area contributed by atoms with E-state index in [0.29, 0.717) is 13.2 Å². The molecule has 3 aromatic carbocycles. The Balaban J connectivity index is 1.28. The van der Waals surface area contributed by atoms with Gasteiger partial charge in [0, 0.05) is 31.8 Å².